The fourth-order valence-electron chi connectivity index (χ4n) is 2.55. The molecule has 3 amide bonds. The zero-order valence-corrected chi connectivity index (χ0v) is 12.6. The van der Waals surface area contributed by atoms with Gasteiger partial charge in [0.1, 0.15) is 18.4 Å². The van der Waals surface area contributed by atoms with Crippen LogP contribution in [-0.2, 0) is 11.2 Å². The summed E-state index contributed by atoms with van der Waals surface area (Å²) in [5.41, 5.74) is 1.02. The summed E-state index contributed by atoms with van der Waals surface area (Å²) in [5, 5.41) is 2.73. The molecule has 1 aliphatic heterocycles. The summed E-state index contributed by atoms with van der Waals surface area (Å²) in [6, 6.07) is 18.1. The van der Waals surface area contributed by atoms with Crippen LogP contribution in [0.25, 0.3) is 0 Å². The predicted octanol–water partition coefficient (Wildman–Crippen LogP) is 2.23. The van der Waals surface area contributed by atoms with E-state index in [-0.39, 0.29) is 25.1 Å². The number of rotatable bonds is 6. The number of amides is 3. The van der Waals surface area contributed by atoms with E-state index >= 15 is 0 Å². The second kappa shape index (κ2) is 6.96. The summed E-state index contributed by atoms with van der Waals surface area (Å²) in [7, 11) is 0. The SMILES string of the molecule is O=C1NC(Cc2ccccc2)C(=O)N1CCOc1ccccc1. The molecule has 5 nitrogen and oxygen atoms in total. The van der Waals surface area contributed by atoms with Crippen molar-refractivity contribution in [1.82, 2.24) is 10.2 Å². The molecule has 0 radical (unpaired) electrons. The minimum Gasteiger partial charge on any atom is -0.492 e. The van der Waals surface area contributed by atoms with Crippen LogP contribution in [0.4, 0.5) is 4.79 Å². The molecular weight excluding hydrogens is 292 g/mol. The first-order valence-electron chi connectivity index (χ1n) is 7.58. The Bertz CT molecular complexity index is 673. The molecule has 1 aliphatic rings. The van der Waals surface area contributed by atoms with Gasteiger partial charge in [-0.25, -0.2) is 4.79 Å². The Morgan fingerprint density at radius 1 is 0.957 bits per heavy atom. The van der Waals surface area contributed by atoms with Crippen molar-refractivity contribution in [3.05, 3.63) is 66.2 Å². The molecule has 3 rings (SSSR count). The van der Waals surface area contributed by atoms with E-state index < -0.39 is 6.04 Å². The van der Waals surface area contributed by atoms with Crippen LogP contribution in [0.3, 0.4) is 0 Å². The van der Waals surface area contributed by atoms with Crippen LogP contribution in [0.15, 0.2) is 60.7 Å². The lowest BCUT2D eigenvalue weighted by atomic mass is 10.1. The van der Waals surface area contributed by atoms with Crippen LogP contribution in [0.5, 0.6) is 5.75 Å². The van der Waals surface area contributed by atoms with Crippen LogP contribution >= 0.6 is 0 Å². The second-order valence-corrected chi connectivity index (χ2v) is 5.34. The molecule has 2 aromatic rings. The van der Waals surface area contributed by atoms with E-state index in [4.69, 9.17) is 4.74 Å². The zero-order chi connectivity index (χ0) is 16.1. The third kappa shape index (κ3) is 3.69. The molecule has 0 aliphatic carbocycles. The molecule has 2 aromatic carbocycles. The van der Waals surface area contributed by atoms with Crippen molar-refractivity contribution < 1.29 is 14.3 Å². The molecular formula is C18H18N2O3. The molecule has 1 N–H and O–H groups in total. The number of para-hydroxylation sites is 1. The normalized spacial score (nSPS) is 17.2. The van der Waals surface area contributed by atoms with Gasteiger partial charge in [0.25, 0.3) is 5.91 Å². The van der Waals surface area contributed by atoms with Crippen LogP contribution in [0.2, 0.25) is 0 Å². The van der Waals surface area contributed by atoms with E-state index in [9.17, 15) is 9.59 Å². The highest BCUT2D eigenvalue weighted by Crippen LogP contribution is 2.13. The molecule has 23 heavy (non-hydrogen) atoms. The largest absolute Gasteiger partial charge is 0.492 e. The average Bonchev–Trinajstić information content (AvgIpc) is 2.84. The number of urea groups is 1. The Labute approximate surface area is 134 Å². The first-order chi connectivity index (χ1) is 11.2. The first kappa shape index (κ1) is 15.1. The van der Waals surface area contributed by atoms with Gasteiger partial charge in [0, 0.05) is 6.42 Å². The van der Waals surface area contributed by atoms with Gasteiger partial charge >= 0.3 is 6.03 Å². The number of imide groups is 1. The molecule has 1 heterocycles. The smallest absolute Gasteiger partial charge is 0.324 e. The van der Waals surface area contributed by atoms with Gasteiger partial charge < -0.3 is 10.1 Å². The Hall–Kier alpha value is -2.82. The number of carbonyl (C=O) groups excluding carboxylic acids is 2. The summed E-state index contributed by atoms with van der Waals surface area (Å²) in [6.07, 6.45) is 0.501. The van der Waals surface area contributed by atoms with Gasteiger partial charge in [-0.15, -0.1) is 0 Å². The number of nitrogens with one attached hydrogen (secondary N) is 1. The van der Waals surface area contributed by atoms with E-state index in [0.717, 1.165) is 11.3 Å². The molecule has 1 fully saturated rings. The molecule has 1 unspecified atom stereocenters. The van der Waals surface area contributed by atoms with E-state index in [2.05, 4.69) is 5.32 Å². The van der Waals surface area contributed by atoms with Gasteiger partial charge in [-0.3, -0.25) is 9.69 Å². The maximum atomic E-state index is 12.3. The van der Waals surface area contributed by atoms with E-state index in [1.54, 1.807) is 0 Å². The third-order valence-electron chi connectivity index (χ3n) is 3.72. The number of ether oxygens (including phenoxy) is 1. The van der Waals surface area contributed by atoms with Gasteiger partial charge in [0.15, 0.2) is 0 Å². The lowest BCUT2D eigenvalue weighted by Gasteiger charge is -2.13. The molecule has 0 aromatic heterocycles. The Kier molecular flexibility index (Phi) is 4.57. The number of hydrogen-bond donors (Lipinski definition) is 1. The lowest BCUT2D eigenvalue weighted by Crippen LogP contribution is -2.35. The highest BCUT2D eigenvalue weighted by Gasteiger charge is 2.37. The topological polar surface area (TPSA) is 58.6 Å². The molecule has 0 bridgehead atoms. The maximum absolute atomic E-state index is 12.3. The van der Waals surface area contributed by atoms with Gasteiger partial charge in [-0.05, 0) is 17.7 Å². The van der Waals surface area contributed by atoms with E-state index in [1.165, 1.54) is 4.90 Å². The van der Waals surface area contributed by atoms with Crippen LogP contribution in [0, 0.1) is 0 Å². The summed E-state index contributed by atoms with van der Waals surface area (Å²) in [4.78, 5) is 25.5. The minimum absolute atomic E-state index is 0.199. The minimum atomic E-state index is -0.498. The van der Waals surface area contributed by atoms with E-state index in [1.807, 2.05) is 60.7 Å². The maximum Gasteiger partial charge on any atom is 0.324 e. The van der Waals surface area contributed by atoms with Gasteiger partial charge in [-0.2, -0.15) is 0 Å². The number of hydrogen-bond acceptors (Lipinski definition) is 3. The lowest BCUT2D eigenvalue weighted by molar-refractivity contribution is -0.127. The summed E-state index contributed by atoms with van der Waals surface area (Å²) >= 11 is 0. The summed E-state index contributed by atoms with van der Waals surface area (Å²) in [6.45, 7) is 0.520. The number of carbonyl (C=O) groups is 2. The van der Waals surface area contributed by atoms with Crippen molar-refractivity contribution >= 4 is 11.9 Å². The number of benzene rings is 2. The highest BCUT2D eigenvalue weighted by molar-refractivity contribution is 6.04. The van der Waals surface area contributed by atoms with Crippen molar-refractivity contribution in [2.45, 2.75) is 12.5 Å². The predicted molar refractivity (Wildman–Crippen MR) is 86.1 cm³/mol. The average molecular weight is 310 g/mol. The fourth-order valence-corrected chi connectivity index (χ4v) is 2.55. The molecule has 0 saturated carbocycles. The fraction of sp³-hybridized carbons (Fsp3) is 0.222. The molecule has 118 valence electrons. The van der Waals surface area contributed by atoms with Gasteiger partial charge in [0.2, 0.25) is 0 Å². The zero-order valence-electron chi connectivity index (χ0n) is 12.6. The van der Waals surface area contributed by atoms with Crippen molar-refractivity contribution in [3.63, 3.8) is 0 Å². The summed E-state index contributed by atoms with van der Waals surface area (Å²) < 4.78 is 5.54. The van der Waals surface area contributed by atoms with Crippen molar-refractivity contribution in [3.8, 4) is 5.75 Å². The second-order valence-electron chi connectivity index (χ2n) is 5.34. The van der Waals surface area contributed by atoms with Crippen LogP contribution in [-0.4, -0.2) is 36.0 Å². The molecule has 5 heteroatoms. The van der Waals surface area contributed by atoms with Gasteiger partial charge in [-0.1, -0.05) is 48.5 Å². The quantitative estimate of drug-likeness (QED) is 0.832. The Balaban J connectivity index is 1.54. The molecule has 1 saturated heterocycles. The van der Waals surface area contributed by atoms with Gasteiger partial charge in [0.05, 0.1) is 6.54 Å². The van der Waals surface area contributed by atoms with E-state index in [0.29, 0.717) is 6.42 Å². The standard InChI is InChI=1S/C18H18N2O3/c21-17-16(13-14-7-3-1-4-8-14)19-18(22)20(17)11-12-23-15-9-5-2-6-10-15/h1-10,16H,11-13H2,(H,19,22). The molecule has 0 spiro atoms. The Morgan fingerprint density at radius 2 is 1.61 bits per heavy atom. The number of nitrogens with zero attached hydrogens (tertiary/aromatic N) is 1. The third-order valence-corrected chi connectivity index (χ3v) is 3.72. The van der Waals surface area contributed by atoms with Crippen LogP contribution in [0.1, 0.15) is 5.56 Å². The van der Waals surface area contributed by atoms with Crippen molar-refractivity contribution in [2.24, 2.45) is 0 Å². The first-order valence-corrected chi connectivity index (χ1v) is 7.58. The molecule has 1 atom stereocenters. The summed E-state index contributed by atoms with van der Waals surface area (Å²) in [5.74, 6) is 0.524. The monoisotopic (exact) mass is 310 g/mol. The Morgan fingerprint density at radius 3 is 2.30 bits per heavy atom. The van der Waals surface area contributed by atoms with Crippen molar-refractivity contribution in [1.29, 1.82) is 0 Å². The van der Waals surface area contributed by atoms with Crippen molar-refractivity contribution in [2.75, 3.05) is 13.2 Å². The highest BCUT2D eigenvalue weighted by atomic mass is 16.5. The van der Waals surface area contributed by atoms with Crippen LogP contribution < -0.4 is 10.1 Å².